The molecule has 1 aromatic carbocycles. The zero-order valence-electron chi connectivity index (χ0n) is 15.0. The zero-order valence-corrected chi connectivity index (χ0v) is 15.0. The molecule has 0 bridgehead atoms. The molecule has 1 saturated carbocycles. The van der Waals surface area contributed by atoms with Crippen molar-refractivity contribution in [2.75, 3.05) is 31.4 Å². The monoisotopic (exact) mass is 340 g/mol. The molecule has 1 aliphatic rings. The highest BCUT2D eigenvalue weighted by Crippen LogP contribution is 2.35. The summed E-state index contributed by atoms with van der Waals surface area (Å²) in [6.07, 6.45) is 5.66. The second kappa shape index (κ2) is 7.51. The predicted octanol–water partition coefficient (Wildman–Crippen LogP) is 3.35. The SMILES string of the molecule is COc1cccc(-c2ncnc(N(C)C)c2NC(=O)C2CCCC2)c1. The fourth-order valence-electron chi connectivity index (χ4n) is 3.23. The van der Waals surface area contributed by atoms with Gasteiger partial charge in [-0.3, -0.25) is 4.79 Å². The highest BCUT2D eigenvalue weighted by molar-refractivity contribution is 5.99. The molecule has 1 aromatic heterocycles. The Kier molecular flexibility index (Phi) is 5.16. The Morgan fingerprint density at radius 2 is 2.00 bits per heavy atom. The number of carbonyl (C=O) groups is 1. The molecule has 6 nitrogen and oxygen atoms in total. The number of rotatable bonds is 5. The van der Waals surface area contributed by atoms with Crippen molar-refractivity contribution < 1.29 is 9.53 Å². The Bertz CT molecular complexity index is 755. The van der Waals surface area contributed by atoms with Crippen molar-refractivity contribution >= 4 is 17.4 Å². The van der Waals surface area contributed by atoms with Crippen LogP contribution in [0, 0.1) is 5.92 Å². The van der Waals surface area contributed by atoms with Gasteiger partial charge in [0.25, 0.3) is 0 Å². The minimum Gasteiger partial charge on any atom is -0.497 e. The van der Waals surface area contributed by atoms with Crippen molar-refractivity contribution in [1.29, 1.82) is 0 Å². The fraction of sp³-hybridized carbons (Fsp3) is 0.421. The van der Waals surface area contributed by atoms with Crippen molar-refractivity contribution in [2.24, 2.45) is 5.92 Å². The maximum Gasteiger partial charge on any atom is 0.227 e. The first-order valence-electron chi connectivity index (χ1n) is 8.57. The summed E-state index contributed by atoms with van der Waals surface area (Å²) in [5, 5.41) is 3.09. The number of aromatic nitrogens is 2. The molecule has 132 valence electrons. The van der Waals surface area contributed by atoms with E-state index in [4.69, 9.17) is 4.74 Å². The maximum absolute atomic E-state index is 12.7. The van der Waals surface area contributed by atoms with E-state index in [9.17, 15) is 4.79 Å². The van der Waals surface area contributed by atoms with Crippen LogP contribution < -0.4 is 15.0 Å². The van der Waals surface area contributed by atoms with Crippen molar-refractivity contribution in [3.05, 3.63) is 30.6 Å². The van der Waals surface area contributed by atoms with E-state index in [0.29, 0.717) is 17.2 Å². The summed E-state index contributed by atoms with van der Waals surface area (Å²) in [6.45, 7) is 0. The van der Waals surface area contributed by atoms with Crippen LogP contribution in [0.15, 0.2) is 30.6 Å². The van der Waals surface area contributed by atoms with Crippen LogP contribution in [-0.2, 0) is 4.79 Å². The lowest BCUT2D eigenvalue weighted by Crippen LogP contribution is -2.23. The third kappa shape index (κ3) is 3.73. The van der Waals surface area contributed by atoms with E-state index in [2.05, 4.69) is 15.3 Å². The number of ether oxygens (including phenoxy) is 1. The topological polar surface area (TPSA) is 67.4 Å². The molecule has 1 fully saturated rings. The van der Waals surface area contributed by atoms with Gasteiger partial charge in [0, 0.05) is 25.6 Å². The van der Waals surface area contributed by atoms with Crippen LogP contribution in [0.4, 0.5) is 11.5 Å². The molecular formula is C19H24N4O2. The highest BCUT2D eigenvalue weighted by atomic mass is 16.5. The molecule has 3 rings (SSSR count). The van der Waals surface area contributed by atoms with Crippen LogP contribution in [0.5, 0.6) is 5.75 Å². The van der Waals surface area contributed by atoms with Crippen LogP contribution in [0.1, 0.15) is 25.7 Å². The number of hydrogen-bond donors (Lipinski definition) is 1. The number of amides is 1. The first-order valence-corrected chi connectivity index (χ1v) is 8.57. The van der Waals surface area contributed by atoms with Crippen LogP contribution in [0.3, 0.4) is 0 Å². The maximum atomic E-state index is 12.7. The van der Waals surface area contributed by atoms with E-state index in [0.717, 1.165) is 37.0 Å². The molecular weight excluding hydrogens is 316 g/mol. The highest BCUT2D eigenvalue weighted by Gasteiger charge is 2.25. The minimum absolute atomic E-state index is 0.0551. The molecule has 0 atom stereocenters. The van der Waals surface area contributed by atoms with Gasteiger partial charge in [-0.1, -0.05) is 25.0 Å². The number of hydrogen-bond acceptors (Lipinski definition) is 5. The molecule has 1 amide bonds. The molecule has 0 saturated heterocycles. The van der Waals surface area contributed by atoms with Crippen molar-refractivity contribution in [3.63, 3.8) is 0 Å². The Hall–Kier alpha value is -2.63. The number of methoxy groups -OCH3 is 1. The van der Waals surface area contributed by atoms with E-state index >= 15 is 0 Å². The average molecular weight is 340 g/mol. The number of nitrogens with zero attached hydrogens (tertiary/aromatic N) is 3. The second-order valence-corrected chi connectivity index (χ2v) is 6.52. The second-order valence-electron chi connectivity index (χ2n) is 6.52. The van der Waals surface area contributed by atoms with Crippen LogP contribution >= 0.6 is 0 Å². The molecule has 1 aliphatic carbocycles. The smallest absolute Gasteiger partial charge is 0.227 e. The van der Waals surface area contributed by atoms with Crippen molar-refractivity contribution in [1.82, 2.24) is 9.97 Å². The Morgan fingerprint density at radius 1 is 1.24 bits per heavy atom. The number of benzene rings is 1. The van der Waals surface area contributed by atoms with E-state index in [1.165, 1.54) is 6.33 Å². The lowest BCUT2D eigenvalue weighted by atomic mass is 10.1. The summed E-state index contributed by atoms with van der Waals surface area (Å²) in [5.41, 5.74) is 2.23. The third-order valence-electron chi connectivity index (χ3n) is 4.57. The van der Waals surface area contributed by atoms with E-state index in [1.54, 1.807) is 7.11 Å². The molecule has 1 N–H and O–H groups in total. The average Bonchev–Trinajstić information content (AvgIpc) is 3.16. The first-order chi connectivity index (χ1) is 12.1. The molecule has 2 aromatic rings. The fourth-order valence-corrected chi connectivity index (χ4v) is 3.23. The predicted molar refractivity (Wildman–Crippen MR) is 98.9 cm³/mol. The van der Waals surface area contributed by atoms with Gasteiger partial charge in [-0.05, 0) is 25.0 Å². The number of anilines is 2. The van der Waals surface area contributed by atoms with Gasteiger partial charge in [-0.15, -0.1) is 0 Å². The lowest BCUT2D eigenvalue weighted by molar-refractivity contribution is -0.119. The summed E-state index contributed by atoms with van der Waals surface area (Å²) < 4.78 is 5.32. The summed E-state index contributed by atoms with van der Waals surface area (Å²) in [7, 11) is 5.44. The van der Waals surface area contributed by atoms with Gasteiger partial charge in [-0.2, -0.15) is 0 Å². The van der Waals surface area contributed by atoms with E-state index in [-0.39, 0.29) is 11.8 Å². The largest absolute Gasteiger partial charge is 0.497 e. The standard InChI is InChI=1S/C19H24N4O2/c1-23(2)18-17(22-19(24)13-7-4-5-8-13)16(20-12-21-18)14-9-6-10-15(11-14)25-3/h6,9-13H,4-5,7-8H2,1-3H3,(H,22,24). The van der Waals surface area contributed by atoms with Crippen LogP contribution in [0.25, 0.3) is 11.3 Å². The Morgan fingerprint density at radius 3 is 2.68 bits per heavy atom. The summed E-state index contributed by atoms with van der Waals surface area (Å²) in [4.78, 5) is 23.4. The number of nitrogens with one attached hydrogen (secondary N) is 1. The number of carbonyl (C=O) groups excluding carboxylic acids is 1. The molecule has 0 unspecified atom stereocenters. The molecule has 25 heavy (non-hydrogen) atoms. The summed E-state index contributed by atoms with van der Waals surface area (Å²) >= 11 is 0. The van der Waals surface area contributed by atoms with Crippen LogP contribution in [0.2, 0.25) is 0 Å². The van der Waals surface area contributed by atoms with Crippen molar-refractivity contribution in [2.45, 2.75) is 25.7 Å². The normalized spacial score (nSPS) is 14.4. The lowest BCUT2D eigenvalue weighted by Gasteiger charge is -2.20. The van der Waals surface area contributed by atoms with Gasteiger partial charge in [0.15, 0.2) is 5.82 Å². The Balaban J connectivity index is 2.02. The molecule has 6 heteroatoms. The van der Waals surface area contributed by atoms with Gasteiger partial charge < -0.3 is 15.0 Å². The Labute approximate surface area is 148 Å². The van der Waals surface area contributed by atoms with Crippen molar-refractivity contribution in [3.8, 4) is 17.0 Å². The quantitative estimate of drug-likeness (QED) is 0.904. The van der Waals surface area contributed by atoms with E-state index < -0.39 is 0 Å². The van der Waals surface area contributed by atoms with Gasteiger partial charge in [-0.25, -0.2) is 9.97 Å². The van der Waals surface area contributed by atoms with E-state index in [1.807, 2.05) is 43.3 Å². The molecule has 1 heterocycles. The molecule has 0 aliphatic heterocycles. The zero-order chi connectivity index (χ0) is 17.8. The van der Waals surface area contributed by atoms with Crippen LogP contribution in [-0.4, -0.2) is 37.1 Å². The summed E-state index contributed by atoms with van der Waals surface area (Å²) in [5.74, 6) is 1.57. The minimum atomic E-state index is 0.0551. The molecule has 0 radical (unpaired) electrons. The van der Waals surface area contributed by atoms with Gasteiger partial charge in [0.05, 0.1) is 12.8 Å². The van der Waals surface area contributed by atoms with Gasteiger partial charge in [0.1, 0.15) is 17.8 Å². The summed E-state index contributed by atoms with van der Waals surface area (Å²) in [6, 6.07) is 7.66. The van der Waals surface area contributed by atoms with Gasteiger partial charge in [0.2, 0.25) is 5.91 Å². The molecule has 0 spiro atoms. The third-order valence-corrected chi connectivity index (χ3v) is 4.57. The van der Waals surface area contributed by atoms with Gasteiger partial charge >= 0.3 is 0 Å². The first kappa shape index (κ1) is 17.2.